The van der Waals surface area contributed by atoms with E-state index in [9.17, 15) is 4.79 Å². The molecule has 0 aliphatic rings. The summed E-state index contributed by atoms with van der Waals surface area (Å²) in [7, 11) is 0. The number of nitrogens with zero attached hydrogens (tertiary/aromatic N) is 2. The van der Waals surface area contributed by atoms with Crippen molar-refractivity contribution in [3.8, 4) is 12.1 Å². The van der Waals surface area contributed by atoms with Gasteiger partial charge in [-0.25, -0.2) is 0 Å². The van der Waals surface area contributed by atoms with Gasteiger partial charge < -0.3 is 0 Å². The molecule has 0 N–H and O–H groups in total. The van der Waals surface area contributed by atoms with Gasteiger partial charge in [0.2, 0.25) is 0 Å². The Bertz CT molecular complexity index is 1020. The Balaban J connectivity index is 2.84. The molecule has 20 heavy (non-hydrogen) atoms. The average molecular weight is 258 g/mol. The fourth-order valence-electron chi connectivity index (χ4n) is 2.91. The van der Waals surface area contributed by atoms with Crippen molar-refractivity contribution >= 4 is 27.1 Å². The Morgan fingerprint density at radius 2 is 1.45 bits per heavy atom. The minimum absolute atomic E-state index is 0.117. The first kappa shape index (κ1) is 12.1. The third-order valence-electron chi connectivity index (χ3n) is 3.79. The quantitative estimate of drug-likeness (QED) is 0.621. The first-order valence-electron chi connectivity index (χ1n) is 6.22. The summed E-state index contributed by atoms with van der Waals surface area (Å²) in [6.45, 7) is 4.00. The van der Waals surface area contributed by atoms with Gasteiger partial charge in [0, 0.05) is 10.8 Å². The lowest BCUT2D eigenvalue weighted by Gasteiger charge is -2.05. The predicted octanol–water partition coefficient (Wildman–Crippen LogP) is 2.32. The Labute approximate surface area is 115 Å². The van der Waals surface area contributed by atoms with E-state index in [0.717, 1.165) is 21.9 Å². The monoisotopic (exact) mass is 258 g/mol. The van der Waals surface area contributed by atoms with Gasteiger partial charge in [0.05, 0.1) is 5.22 Å². The van der Waals surface area contributed by atoms with Gasteiger partial charge in [-0.05, 0) is 35.7 Å². The molecule has 0 aromatic heterocycles. The molecule has 0 bridgehead atoms. The third-order valence-corrected chi connectivity index (χ3v) is 3.79. The highest BCUT2D eigenvalue weighted by Crippen LogP contribution is 2.29. The molecule has 0 fully saturated rings. The largest absolute Gasteiger partial charge is 0.288 e. The van der Waals surface area contributed by atoms with E-state index in [2.05, 4.69) is 0 Å². The summed E-state index contributed by atoms with van der Waals surface area (Å²) >= 11 is 0. The molecule has 94 valence electrons. The molecule has 3 heteroatoms. The third kappa shape index (κ3) is 1.35. The second-order valence-electron chi connectivity index (χ2n) is 4.91. The van der Waals surface area contributed by atoms with E-state index in [-0.39, 0.29) is 16.2 Å². The van der Waals surface area contributed by atoms with E-state index in [1.165, 1.54) is 0 Å². The molecule has 0 amide bonds. The highest BCUT2D eigenvalue weighted by molar-refractivity contribution is 6.14. The lowest BCUT2D eigenvalue weighted by atomic mass is 9.98. The van der Waals surface area contributed by atoms with Gasteiger partial charge in [-0.3, -0.25) is 4.79 Å². The van der Waals surface area contributed by atoms with Crippen LogP contribution in [0.2, 0.25) is 0 Å². The lowest BCUT2D eigenvalue weighted by Crippen LogP contribution is -2.21. The number of aryl methyl sites for hydroxylation is 2. The number of hydrogen-bond donors (Lipinski definition) is 0. The highest BCUT2D eigenvalue weighted by atomic mass is 16.1. The fraction of sp³-hybridized carbons (Fsp3) is 0.118. The SMILES string of the molecule is Cc1ccc2c(=O)c(=C(C#N)C#N)c3ccc(C)c1c23. The molecular formula is C17H10N2O. The summed E-state index contributed by atoms with van der Waals surface area (Å²) in [6.07, 6.45) is 0. The van der Waals surface area contributed by atoms with E-state index in [4.69, 9.17) is 10.5 Å². The van der Waals surface area contributed by atoms with E-state index in [1.807, 2.05) is 44.2 Å². The van der Waals surface area contributed by atoms with Gasteiger partial charge in [-0.15, -0.1) is 0 Å². The van der Waals surface area contributed by atoms with E-state index in [0.29, 0.717) is 10.8 Å². The lowest BCUT2D eigenvalue weighted by molar-refractivity contribution is 1.48. The number of rotatable bonds is 0. The Kier molecular flexibility index (Phi) is 2.46. The molecule has 3 rings (SSSR count). The maximum absolute atomic E-state index is 12.5. The molecule has 0 aliphatic heterocycles. The van der Waals surface area contributed by atoms with Crippen molar-refractivity contribution in [2.24, 2.45) is 0 Å². The van der Waals surface area contributed by atoms with E-state index >= 15 is 0 Å². The molecule has 0 spiro atoms. The zero-order valence-electron chi connectivity index (χ0n) is 11.1. The standard InChI is InChI=1S/C17H10N2O/c1-9-3-5-12-15(11(7-18)8-19)17(20)13-6-4-10(2)14(9)16(12)13/h3-6H,1-2H3. The second kappa shape index (κ2) is 4.05. The summed E-state index contributed by atoms with van der Waals surface area (Å²) in [4.78, 5) is 12.5. The second-order valence-corrected chi connectivity index (χ2v) is 4.91. The van der Waals surface area contributed by atoms with Crippen LogP contribution in [0.25, 0.3) is 27.1 Å². The molecular weight excluding hydrogens is 248 g/mol. The molecule has 0 saturated carbocycles. The Morgan fingerprint density at radius 1 is 0.900 bits per heavy atom. The molecule has 0 heterocycles. The van der Waals surface area contributed by atoms with Gasteiger partial charge in [-0.2, -0.15) is 10.5 Å². The van der Waals surface area contributed by atoms with Crippen LogP contribution in [0, 0.1) is 36.5 Å². The van der Waals surface area contributed by atoms with Crippen molar-refractivity contribution in [1.29, 1.82) is 10.5 Å². The molecule has 3 aromatic carbocycles. The Hall–Kier alpha value is -2.91. The van der Waals surface area contributed by atoms with Gasteiger partial charge >= 0.3 is 0 Å². The average Bonchev–Trinajstić information content (AvgIpc) is 2.72. The van der Waals surface area contributed by atoms with Gasteiger partial charge in [0.25, 0.3) is 0 Å². The summed E-state index contributed by atoms with van der Waals surface area (Å²) in [6, 6.07) is 11.1. The van der Waals surface area contributed by atoms with Gasteiger partial charge in [0.15, 0.2) is 5.43 Å². The molecule has 0 aliphatic carbocycles. The van der Waals surface area contributed by atoms with E-state index < -0.39 is 0 Å². The molecule has 0 atom stereocenters. The molecule has 0 radical (unpaired) electrons. The smallest absolute Gasteiger partial charge is 0.196 e. The molecule has 3 nitrogen and oxygen atoms in total. The number of nitriles is 2. The normalized spacial score (nSPS) is 10.6. The fourth-order valence-corrected chi connectivity index (χ4v) is 2.91. The van der Waals surface area contributed by atoms with Crippen molar-refractivity contribution in [2.45, 2.75) is 13.8 Å². The maximum atomic E-state index is 12.5. The van der Waals surface area contributed by atoms with Gasteiger partial charge in [-0.1, -0.05) is 24.3 Å². The van der Waals surface area contributed by atoms with Gasteiger partial charge in [0.1, 0.15) is 17.7 Å². The minimum Gasteiger partial charge on any atom is -0.288 e. The summed E-state index contributed by atoms with van der Waals surface area (Å²) < 4.78 is 0. The van der Waals surface area contributed by atoms with Crippen LogP contribution in [-0.2, 0) is 0 Å². The summed E-state index contributed by atoms with van der Waals surface area (Å²) in [5, 5.41) is 21.6. The highest BCUT2D eigenvalue weighted by Gasteiger charge is 2.16. The van der Waals surface area contributed by atoms with Crippen LogP contribution in [0.5, 0.6) is 0 Å². The molecule has 3 aromatic rings. The van der Waals surface area contributed by atoms with E-state index in [1.54, 1.807) is 6.07 Å². The van der Waals surface area contributed by atoms with Crippen LogP contribution in [0.1, 0.15) is 11.1 Å². The first-order valence-corrected chi connectivity index (χ1v) is 6.22. The van der Waals surface area contributed by atoms with Crippen molar-refractivity contribution in [3.05, 3.63) is 50.8 Å². The predicted molar refractivity (Wildman–Crippen MR) is 78.2 cm³/mol. The van der Waals surface area contributed by atoms with Crippen molar-refractivity contribution in [1.82, 2.24) is 0 Å². The summed E-state index contributed by atoms with van der Waals surface area (Å²) in [5.74, 6) is 0. The first-order chi connectivity index (χ1) is 9.60. The maximum Gasteiger partial charge on any atom is 0.196 e. The zero-order chi connectivity index (χ0) is 14.4. The number of hydrogen-bond acceptors (Lipinski definition) is 3. The Morgan fingerprint density at radius 3 is 2.00 bits per heavy atom. The topological polar surface area (TPSA) is 64.7 Å². The van der Waals surface area contributed by atoms with Crippen LogP contribution < -0.4 is 10.6 Å². The number of benzene rings is 2. The molecule has 0 unspecified atom stereocenters. The van der Waals surface area contributed by atoms with Crippen LogP contribution in [0.4, 0.5) is 0 Å². The minimum atomic E-state index is -0.228. The van der Waals surface area contributed by atoms with Crippen LogP contribution in [-0.4, -0.2) is 0 Å². The van der Waals surface area contributed by atoms with Crippen LogP contribution in [0.3, 0.4) is 0 Å². The zero-order valence-corrected chi connectivity index (χ0v) is 11.1. The van der Waals surface area contributed by atoms with Crippen molar-refractivity contribution in [3.63, 3.8) is 0 Å². The van der Waals surface area contributed by atoms with Crippen molar-refractivity contribution < 1.29 is 0 Å². The molecule has 0 saturated heterocycles. The van der Waals surface area contributed by atoms with Crippen molar-refractivity contribution in [2.75, 3.05) is 0 Å². The van der Waals surface area contributed by atoms with Crippen LogP contribution in [0.15, 0.2) is 29.1 Å². The summed E-state index contributed by atoms with van der Waals surface area (Å²) in [5.41, 5.74) is 1.84. The van der Waals surface area contributed by atoms with Crippen LogP contribution >= 0.6 is 0 Å².